The van der Waals surface area contributed by atoms with Crippen molar-refractivity contribution in [2.45, 2.75) is 37.5 Å². The molecule has 1 aliphatic heterocycles. The molecular formula is C19H22ClN3O5S2. The summed E-state index contributed by atoms with van der Waals surface area (Å²) in [6.45, 7) is 1.89. The van der Waals surface area contributed by atoms with Gasteiger partial charge in [-0.1, -0.05) is 24.9 Å². The zero-order chi connectivity index (χ0) is 21.9. The second-order valence-electron chi connectivity index (χ2n) is 6.94. The highest BCUT2D eigenvalue weighted by Gasteiger charge is 2.21. The number of aryl methyl sites for hydroxylation is 1. The van der Waals surface area contributed by atoms with Crippen LogP contribution >= 0.6 is 11.6 Å². The number of rotatable bonds is 8. The van der Waals surface area contributed by atoms with E-state index >= 15 is 0 Å². The molecule has 3 rings (SSSR count). The first-order valence-electron chi connectivity index (χ1n) is 9.35. The Morgan fingerprint density at radius 2 is 1.80 bits per heavy atom. The number of unbranched alkanes of at least 4 members (excludes halogenated alkanes) is 1. The SMILES string of the molecule is CCCCS(=O)(=O)Nc1ccc(Cl)c(NS(=O)(=O)c2ccc3c(c2)CCC(=O)N3)c1. The molecule has 30 heavy (non-hydrogen) atoms. The van der Waals surface area contributed by atoms with Crippen molar-refractivity contribution in [3.05, 3.63) is 47.0 Å². The van der Waals surface area contributed by atoms with Crippen LogP contribution in [-0.4, -0.2) is 28.5 Å². The number of carbonyl (C=O) groups is 1. The number of nitrogens with one attached hydrogen (secondary N) is 3. The molecule has 162 valence electrons. The Morgan fingerprint density at radius 3 is 2.53 bits per heavy atom. The first-order chi connectivity index (χ1) is 14.1. The Bertz CT molecular complexity index is 1180. The topological polar surface area (TPSA) is 121 Å². The molecule has 0 spiro atoms. The smallest absolute Gasteiger partial charge is 0.261 e. The van der Waals surface area contributed by atoms with Gasteiger partial charge in [-0.15, -0.1) is 0 Å². The second kappa shape index (κ2) is 8.83. The van der Waals surface area contributed by atoms with Crippen LogP contribution in [-0.2, 0) is 31.3 Å². The molecule has 0 unspecified atom stereocenters. The summed E-state index contributed by atoms with van der Waals surface area (Å²) < 4.78 is 54.7. The number of hydrogen-bond donors (Lipinski definition) is 3. The van der Waals surface area contributed by atoms with Gasteiger partial charge in [-0.25, -0.2) is 16.8 Å². The molecule has 8 nitrogen and oxygen atoms in total. The highest BCUT2D eigenvalue weighted by Crippen LogP contribution is 2.30. The van der Waals surface area contributed by atoms with Gasteiger partial charge in [-0.05, 0) is 54.8 Å². The van der Waals surface area contributed by atoms with Crippen LogP contribution in [0.3, 0.4) is 0 Å². The van der Waals surface area contributed by atoms with Crippen LogP contribution in [0.25, 0.3) is 0 Å². The average molecular weight is 472 g/mol. The Kier molecular flexibility index (Phi) is 6.59. The van der Waals surface area contributed by atoms with Gasteiger partial charge in [0.05, 0.1) is 27.0 Å². The first kappa shape index (κ1) is 22.4. The van der Waals surface area contributed by atoms with Gasteiger partial charge >= 0.3 is 0 Å². The maximum Gasteiger partial charge on any atom is 0.261 e. The number of carbonyl (C=O) groups excluding carboxylic acids is 1. The van der Waals surface area contributed by atoms with Crippen LogP contribution in [0.15, 0.2) is 41.3 Å². The Labute approximate surface area is 181 Å². The lowest BCUT2D eigenvalue weighted by Crippen LogP contribution is -2.20. The molecule has 0 fully saturated rings. The standard InChI is InChI=1S/C19H22ClN3O5S2/c1-2-3-10-29(25,26)22-14-5-7-16(20)18(12-14)23-30(27,28)15-6-8-17-13(11-15)4-9-19(24)21-17/h5-8,11-12,22-23H,2-4,9-10H2,1H3,(H,21,24). The van der Waals surface area contributed by atoms with Crippen molar-refractivity contribution in [1.29, 1.82) is 0 Å². The number of benzene rings is 2. The minimum atomic E-state index is -3.98. The number of amides is 1. The predicted molar refractivity (Wildman–Crippen MR) is 118 cm³/mol. The van der Waals surface area contributed by atoms with Crippen molar-refractivity contribution in [2.75, 3.05) is 20.5 Å². The molecule has 2 aromatic carbocycles. The molecule has 1 heterocycles. The molecule has 11 heteroatoms. The molecule has 0 bridgehead atoms. The van der Waals surface area contributed by atoms with E-state index in [1.54, 1.807) is 6.07 Å². The van der Waals surface area contributed by atoms with E-state index in [2.05, 4.69) is 14.8 Å². The van der Waals surface area contributed by atoms with Crippen LogP contribution < -0.4 is 14.8 Å². The molecule has 0 saturated heterocycles. The largest absolute Gasteiger partial charge is 0.326 e. The molecule has 2 aromatic rings. The fourth-order valence-electron chi connectivity index (χ4n) is 2.96. The number of sulfonamides is 2. The van der Waals surface area contributed by atoms with Crippen molar-refractivity contribution in [3.63, 3.8) is 0 Å². The van der Waals surface area contributed by atoms with Gasteiger partial charge in [-0.3, -0.25) is 14.2 Å². The third kappa shape index (κ3) is 5.44. The number of anilines is 3. The molecule has 0 radical (unpaired) electrons. The van der Waals surface area contributed by atoms with Crippen LogP contribution in [0.5, 0.6) is 0 Å². The third-order valence-corrected chi connectivity index (χ3v) is 7.60. The van der Waals surface area contributed by atoms with Gasteiger partial charge < -0.3 is 5.32 Å². The van der Waals surface area contributed by atoms with Gasteiger partial charge in [0.2, 0.25) is 15.9 Å². The van der Waals surface area contributed by atoms with Crippen molar-refractivity contribution < 1.29 is 21.6 Å². The lowest BCUT2D eigenvalue weighted by molar-refractivity contribution is -0.116. The van der Waals surface area contributed by atoms with E-state index in [1.807, 2.05) is 6.92 Å². The zero-order valence-corrected chi connectivity index (χ0v) is 18.6. The molecule has 0 atom stereocenters. The Hall–Kier alpha value is -2.30. The Morgan fingerprint density at radius 1 is 1.03 bits per heavy atom. The minimum absolute atomic E-state index is 0.0161. The van der Waals surface area contributed by atoms with E-state index in [9.17, 15) is 21.6 Å². The summed E-state index contributed by atoms with van der Waals surface area (Å²) in [5.41, 5.74) is 1.58. The second-order valence-corrected chi connectivity index (χ2v) is 10.9. The summed E-state index contributed by atoms with van der Waals surface area (Å²) in [6, 6.07) is 8.65. The number of halogens is 1. The lowest BCUT2D eigenvalue weighted by atomic mass is 10.0. The summed E-state index contributed by atoms with van der Waals surface area (Å²) in [6.07, 6.45) is 1.98. The van der Waals surface area contributed by atoms with E-state index in [0.717, 1.165) is 12.0 Å². The van der Waals surface area contributed by atoms with Crippen molar-refractivity contribution in [2.24, 2.45) is 0 Å². The van der Waals surface area contributed by atoms with Gasteiger partial charge in [0.1, 0.15) is 0 Å². The molecule has 1 aliphatic rings. The van der Waals surface area contributed by atoms with Crippen LogP contribution in [0.2, 0.25) is 5.02 Å². The molecule has 0 aliphatic carbocycles. The highest BCUT2D eigenvalue weighted by molar-refractivity contribution is 7.93. The van der Waals surface area contributed by atoms with Crippen LogP contribution in [0.4, 0.5) is 17.1 Å². The van der Waals surface area contributed by atoms with Gasteiger partial charge in [-0.2, -0.15) is 0 Å². The van der Waals surface area contributed by atoms with E-state index in [1.165, 1.54) is 30.3 Å². The normalized spacial score (nSPS) is 14.0. The zero-order valence-electron chi connectivity index (χ0n) is 16.2. The molecule has 3 N–H and O–H groups in total. The van der Waals surface area contributed by atoms with E-state index < -0.39 is 20.0 Å². The van der Waals surface area contributed by atoms with E-state index in [4.69, 9.17) is 11.6 Å². The van der Waals surface area contributed by atoms with Crippen molar-refractivity contribution in [3.8, 4) is 0 Å². The summed E-state index contributed by atoms with van der Waals surface area (Å²) in [7, 11) is -7.52. The summed E-state index contributed by atoms with van der Waals surface area (Å²) in [5.74, 6) is -0.139. The maximum atomic E-state index is 12.8. The van der Waals surface area contributed by atoms with E-state index in [-0.39, 0.29) is 39.4 Å². The van der Waals surface area contributed by atoms with Crippen molar-refractivity contribution in [1.82, 2.24) is 0 Å². The van der Waals surface area contributed by atoms with Crippen LogP contribution in [0.1, 0.15) is 31.7 Å². The highest BCUT2D eigenvalue weighted by atomic mass is 35.5. The summed E-state index contributed by atoms with van der Waals surface area (Å²) >= 11 is 6.12. The molecule has 1 amide bonds. The molecule has 0 aromatic heterocycles. The number of fused-ring (bicyclic) bond motifs is 1. The lowest BCUT2D eigenvalue weighted by Gasteiger charge is -2.18. The minimum Gasteiger partial charge on any atom is -0.326 e. The first-order valence-corrected chi connectivity index (χ1v) is 12.9. The van der Waals surface area contributed by atoms with E-state index in [0.29, 0.717) is 18.5 Å². The number of hydrogen-bond acceptors (Lipinski definition) is 5. The fraction of sp³-hybridized carbons (Fsp3) is 0.316. The third-order valence-electron chi connectivity index (χ3n) is 4.53. The molecular weight excluding hydrogens is 450 g/mol. The van der Waals surface area contributed by atoms with Gasteiger partial charge in [0, 0.05) is 12.1 Å². The maximum absolute atomic E-state index is 12.8. The van der Waals surface area contributed by atoms with Crippen LogP contribution in [0, 0.1) is 0 Å². The fourth-order valence-corrected chi connectivity index (χ4v) is 5.56. The predicted octanol–water partition coefficient (Wildman–Crippen LogP) is 3.57. The van der Waals surface area contributed by atoms with Gasteiger partial charge in [0.25, 0.3) is 10.0 Å². The summed E-state index contributed by atoms with van der Waals surface area (Å²) in [5, 5.41) is 2.83. The average Bonchev–Trinajstić information content (AvgIpc) is 2.68. The monoisotopic (exact) mass is 471 g/mol. The quantitative estimate of drug-likeness (QED) is 0.543. The Balaban J connectivity index is 1.84. The van der Waals surface area contributed by atoms with Crippen molar-refractivity contribution >= 4 is 54.6 Å². The summed E-state index contributed by atoms with van der Waals surface area (Å²) in [4.78, 5) is 11.5. The van der Waals surface area contributed by atoms with Gasteiger partial charge in [0.15, 0.2) is 0 Å². The molecule has 0 saturated carbocycles.